The second-order valence-corrected chi connectivity index (χ2v) is 2.62. The van der Waals surface area contributed by atoms with Crippen LogP contribution in [-0.4, -0.2) is 43.8 Å². The molecule has 0 aromatic carbocycles. The zero-order valence-corrected chi connectivity index (χ0v) is 6.80. The topological polar surface area (TPSA) is 41.3 Å². The quantitative estimate of drug-likeness (QED) is 0.330. The highest BCUT2D eigenvalue weighted by atomic mass is 16.5. The second kappa shape index (κ2) is 4.31. The van der Waals surface area contributed by atoms with E-state index >= 15 is 0 Å². The highest BCUT2D eigenvalue weighted by Crippen LogP contribution is 1.98. The van der Waals surface area contributed by atoms with Crippen molar-refractivity contribution >= 4 is 5.97 Å². The van der Waals surface area contributed by atoms with Crippen molar-refractivity contribution in [2.45, 2.75) is 6.92 Å². The normalized spacial score (nSPS) is 16.5. The fourth-order valence-corrected chi connectivity index (χ4v) is 0.733. The smallest absolute Gasteiger partial charge is 0.302 e. The summed E-state index contributed by atoms with van der Waals surface area (Å²) in [7, 11) is 0. The number of hydrogen-bond donors (Lipinski definition) is 1. The Morgan fingerprint density at radius 3 is 2.91 bits per heavy atom. The van der Waals surface area contributed by atoms with Crippen LogP contribution in [0.5, 0.6) is 0 Å². The van der Waals surface area contributed by atoms with Gasteiger partial charge in [-0.3, -0.25) is 9.69 Å². The Kier molecular flexibility index (Phi) is 3.32. The molecule has 0 aliphatic carbocycles. The molecule has 0 amide bonds. The van der Waals surface area contributed by atoms with E-state index in [0.717, 1.165) is 13.2 Å². The van der Waals surface area contributed by atoms with Crippen LogP contribution in [0.25, 0.3) is 0 Å². The molecular weight excluding hydrogens is 144 g/mol. The lowest BCUT2D eigenvalue weighted by molar-refractivity contribution is -0.140. The van der Waals surface area contributed by atoms with E-state index < -0.39 is 0 Å². The average molecular weight is 158 g/mol. The van der Waals surface area contributed by atoms with Crippen LogP contribution in [0.1, 0.15) is 6.92 Å². The molecule has 0 aromatic rings. The van der Waals surface area contributed by atoms with E-state index in [4.69, 9.17) is 4.74 Å². The van der Waals surface area contributed by atoms with Gasteiger partial charge < -0.3 is 10.1 Å². The molecule has 1 aliphatic rings. The lowest BCUT2D eigenvalue weighted by Gasteiger charge is -2.04. The van der Waals surface area contributed by atoms with Gasteiger partial charge in [-0.15, -0.1) is 0 Å². The van der Waals surface area contributed by atoms with Crippen molar-refractivity contribution in [2.24, 2.45) is 0 Å². The van der Waals surface area contributed by atoms with Gasteiger partial charge in [-0.2, -0.15) is 0 Å². The molecule has 11 heavy (non-hydrogen) atoms. The van der Waals surface area contributed by atoms with E-state index in [1.807, 2.05) is 0 Å². The maximum absolute atomic E-state index is 10.3. The van der Waals surface area contributed by atoms with Crippen LogP contribution in [0, 0.1) is 0 Å². The Bertz CT molecular complexity index is 134. The van der Waals surface area contributed by atoms with E-state index in [0.29, 0.717) is 6.61 Å². The largest absolute Gasteiger partial charge is 0.465 e. The molecule has 0 saturated carbocycles. The minimum atomic E-state index is -0.210. The molecule has 0 radical (unpaired) electrons. The van der Waals surface area contributed by atoms with Gasteiger partial charge in [0.15, 0.2) is 0 Å². The Labute approximate surface area is 66.5 Å². The van der Waals surface area contributed by atoms with Gasteiger partial charge in [0.05, 0.1) is 0 Å². The lowest BCUT2D eigenvalue weighted by Crippen LogP contribution is -2.26. The summed E-state index contributed by atoms with van der Waals surface area (Å²) in [6.07, 6.45) is 0. The first-order valence-electron chi connectivity index (χ1n) is 3.85. The van der Waals surface area contributed by atoms with E-state index in [9.17, 15) is 4.79 Å². The van der Waals surface area contributed by atoms with E-state index in [2.05, 4.69) is 10.2 Å². The monoisotopic (exact) mass is 158 g/mol. The minimum Gasteiger partial charge on any atom is -0.465 e. The average Bonchev–Trinajstić information content (AvgIpc) is 2.70. The van der Waals surface area contributed by atoms with Crippen molar-refractivity contribution in [3.8, 4) is 0 Å². The zero-order valence-electron chi connectivity index (χ0n) is 6.80. The second-order valence-electron chi connectivity index (χ2n) is 2.62. The van der Waals surface area contributed by atoms with Gasteiger partial charge in [-0.05, 0) is 0 Å². The van der Waals surface area contributed by atoms with Gasteiger partial charge in [0.25, 0.3) is 0 Å². The molecule has 0 bridgehead atoms. The maximum atomic E-state index is 10.3. The van der Waals surface area contributed by atoms with Crippen molar-refractivity contribution in [2.75, 3.05) is 32.9 Å². The SMILES string of the molecule is CC(=O)OCCNCN1CC1. The summed E-state index contributed by atoms with van der Waals surface area (Å²) in [6.45, 7) is 5.95. The molecule has 1 N–H and O–H groups in total. The fourth-order valence-electron chi connectivity index (χ4n) is 0.733. The van der Waals surface area contributed by atoms with Crippen LogP contribution >= 0.6 is 0 Å². The summed E-state index contributed by atoms with van der Waals surface area (Å²) in [6, 6.07) is 0. The molecule has 1 rings (SSSR count). The standard InChI is InChI=1S/C7H14N2O2/c1-7(10)11-5-2-8-6-9-3-4-9/h8H,2-6H2,1H3. The number of carbonyl (C=O) groups is 1. The van der Waals surface area contributed by atoms with Gasteiger partial charge in [-0.1, -0.05) is 0 Å². The number of nitrogens with zero attached hydrogens (tertiary/aromatic N) is 1. The van der Waals surface area contributed by atoms with Crippen LogP contribution in [0.4, 0.5) is 0 Å². The predicted octanol–water partition coefficient (Wildman–Crippen LogP) is -0.588. The minimum absolute atomic E-state index is 0.210. The molecule has 0 aromatic heterocycles. The molecule has 1 fully saturated rings. The third kappa shape index (κ3) is 4.75. The molecule has 0 atom stereocenters. The van der Waals surface area contributed by atoms with Gasteiger partial charge >= 0.3 is 5.97 Å². The molecule has 1 aliphatic heterocycles. The number of carbonyl (C=O) groups excluding carboxylic acids is 1. The molecule has 0 spiro atoms. The predicted molar refractivity (Wildman–Crippen MR) is 41.1 cm³/mol. The van der Waals surface area contributed by atoms with Crippen molar-refractivity contribution in [3.05, 3.63) is 0 Å². The van der Waals surface area contributed by atoms with Crippen LogP contribution in [0.15, 0.2) is 0 Å². The van der Waals surface area contributed by atoms with E-state index in [1.165, 1.54) is 20.0 Å². The number of hydrogen-bond acceptors (Lipinski definition) is 4. The summed E-state index contributed by atoms with van der Waals surface area (Å²) in [5, 5.41) is 3.15. The lowest BCUT2D eigenvalue weighted by atomic mass is 10.6. The zero-order chi connectivity index (χ0) is 8.10. The van der Waals surface area contributed by atoms with E-state index in [1.54, 1.807) is 0 Å². The van der Waals surface area contributed by atoms with Crippen LogP contribution in [0.2, 0.25) is 0 Å². The molecule has 4 heteroatoms. The summed E-state index contributed by atoms with van der Waals surface area (Å²) in [5.41, 5.74) is 0. The molecule has 4 nitrogen and oxygen atoms in total. The highest BCUT2D eigenvalue weighted by molar-refractivity contribution is 5.65. The third-order valence-electron chi connectivity index (χ3n) is 1.46. The first kappa shape index (κ1) is 8.49. The van der Waals surface area contributed by atoms with Crippen molar-refractivity contribution < 1.29 is 9.53 Å². The van der Waals surface area contributed by atoms with Crippen LogP contribution < -0.4 is 5.32 Å². The van der Waals surface area contributed by atoms with Crippen molar-refractivity contribution in [1.82, 2.24) is 10.2 Å². The van der Waals surface area contributed by atoms with Gasteiger partial charge in [0.2, 0.25) is 0 Å². The maximum Gasteiger partial charge on any atom is 0.302 e. The Balaban J connectivity index is 1.76. The van der Waals surface area contributed by atoms with Crippen molar-refractivity contribution in [3.63, 3.8) is 0 Å². The molecule has 1 heterocycles. The Hall–Kier alpha value is -0.610. The van der Waals surface area contributed by atoms with E-state index in [-0.39, 0.29) is 5.97 Å². The number of esters is 1. The van der Waals surface area contributed by atoms with Crippen LogP contribution in [0.3, 0.4) is 0 Å². The molecule has 64 valence electrons. The Morgan fingerprint density at radius 1 is 1.64 bits per heavy atom. The summed E-state index contributed by atoms with van der Waals surface area (Å²) < 4.78 is 4.72. The van der Waals surface area contributed by atoms with Gasteiger partial charge in [-0.25, -0.2) is 0 Å². The van der Waals surface area contributed by atoms with Gasteiger partial charge in [0.1, 0.15) is 6.61 Å². The third-order valence-corrected chi connectivity index (χ3v) is 1.46. The Morgan fingerprint density at radius 2 is 2.36 bits per heavy atom. The summed E-state index contributed by atoms with van der Waals surface area (Å²) in [5.74, 6) is -0.210. The first-order chi connectivity index (χ1) is 5.29. The number of rotatable bonds is 5. The number of ether oxygens (including phenoxy) is 1. The highest BCUT2D eigenvalue weighted by Gasteiger charge is 2.14. The van der Waals surface area contributed by atoms with Crippen LogP contribution in [-0.2, 0) is 9.53 Å². The number of nitrogens with one attached hydrogen (secondary N) is 1. The van der Waals surface area contributed by atoms with Crippen molar-refractivity contribution in [1.29, 1.82) is 0 Å². The molecule has 1 saturated heterocycles. The first-order valence-corrected chi connectivity index (χ1v) is 3.85. The van der Waals surface area contributed by atoms with Gasteiger partial charge in [0, 0.05) is 33.2 Å². The summed E-state index contributed by atoms with van der Waals surface area (Å²) >= 11 is 0. The molecular formula is C7H14N2O2. The molecule has 0 unspecified atom stereocenters. The fraction of sp³-hybridized carbons (Fsp3) is 0.857. The summed E-state index contributed by atoms with van der Waals surface area (Å²) in [4.78, 5) is 12.6.